The minimum absolute atomic E-state index is 0.0993. The normalized spacial score (nSPS) is 32.2. The molecule has 1 saturated heterocycles. The summed E-state index contributed by atoms with van der Waals surface area (Å²) in [6, 6.07) is 10.0. The van der Waals surface area contributed by atoms with E-state index in [1.54, 1.807) is 0 Å². The first kappa shape index (κ1) is 18.8. The lowest BCUT2D eigenvalue weighted by molar-refractivity contribution is -0.143. The van der Waals surface area contributed by atoms with Crippen molar-refractivity contribution >= 4 is 5.91 Å². The predicted octanol–water partition coefficient (Wildman–Crippen LogP) is 3.94. The Labute approximate surface area is 171 Å². The van der Waals surface area contributed by atoms with Crippen LogP contribution in [0.25, 0.3) is 11.4 Å². The van der Waals surface area contributed by atoms with E-state index in [4.69, 9.17) is 10.3 Å². The molecule has 2 bridgehead atoms. The molecule has 2 saturated carbocycles. The van der Waals surface area contributed by atoms with Gasteiger partial charge in [-0.15, -0.1) is 0 Å². The largest absolute Gasteiger partial charge is 0.337 e. The quantitative estimate of drug-likeness (QED) is 0.852. The van der Waals surface area contributed by atoms with Crippen LogP contribution in [-0.4, -0.2) is 33.5 Å². The molecular formula is C23H30N4O2. The molecule has 6 nitrogen and oxygen atoms in total. The lowest BCUT2D eigenvalue weighted by atomic mass is 9.64. The van der Waals surface area contributed by atoms with Gasteiger partial charge in [-0.3, -0.25) is 4.79 Å². The van der Waals surface area contributed by atoms with Crippen LogP contribution in [-0.2, 0) is 4.79 Å². The molecular weight excluding hydrogens is 364 g/mol. The highest BCUT2D eigenvalue weighted by atomic mass is 16.5. The van der Waals surface area contributed by atoms with Gasteiger partial charge in [0.1, 0.15) is 6.04 Å². The van der Waals surface area contributed by atoms with Crippen LogP contribution in [0.15, 0.2) is 34.9 Å². The smallest absolute Gasteiger partial charge is 0.249 e. The standard InChI is InChI=1S/C23H30N4O2/c24-20-16-9-6-10-17(20)14-18(13-16)23(28)27-12-5-4-11-19(27)22-25-21(26-29-22)15-7-2-1-3-8-15/h1-3,7-8,16-20H,4-6,9-14,24H2. The minimum atomic E-state index is -0.100. The van der Waals surface area contributed by atoms with Crippen LogP contribution in [0.5, 0.6) is 0 Å². The van der Waals surface area contributed by atoms with Gasteiger partial charge in [0.05, 0.1) is 0 Å². The second-order valence-corrected chi connectivity index (χ2v) is 9.06. The third-order valence-electron chi connectivity index (χ3n) is 7.31. The van der Waals surface area contributed by atoms with Crippen LogP contribution in [0.3, 0.4) is 0 Å². The van der Waals surface area contributed by atoms with Gasteiger partial charge in [0.2, 0.25) is 17.6 Å². The van der Waals surface area contributed by atoms with Gasteiger partial charge in [-0.25, -0.2) is 0 Å². The Morgan fingerprint density at radius 3 is 2.55 bits per heavy atom. The number of likely N-dealkylation sites (tertiary alicyclic amines) is 1. The number of piperidine rings is 1. The highest BCUT2D eigenvalue weighted by Crippen LogP contribution is 2.43. The molecule has 3 fully saturated rings. The number of carbonyl (C=O) groups is 1. The molecule has 6 heteroatoms. The van der Waals surface area contributed by atoms with Crippen molar-refractivity contribution in [3.8, 4) is 11.4 Å². The van der Waals surface area contributed by atoms with Crippen molar-refractivity contribution in [3.63, 3.8) is 0 Å². The Kier molecular flexibility index (Phi) is 5.12. The predicted molar refractivity (Wildman–Crippen MR) is 110 cm³/mol. The average molecular weight is 395 g/mol. The van der Waals surface area contributed by atoms with E-state index < -0.39 is 0 Å². The summed E-state index contributed by atoms with van der Waals surface area (Å²) in [6.45, 7) is 0.782. The van der Waals surface area contributed by atoms with Crippen molar-refractivity contribution in [3.05, 3.63) is 36.2 Å². The summed E-state index contributed by atoms with van der Waals surface area (Å²) in [4.78, 5) is 20.2. The first-order valence-electron chi connectivity index (χ1n) is 11.2. The molecule has 154 valence electrons. The van der Waals surface area contributed by atoms with Crippen LogP contribution in [0.2, 0.25) is 0 Å². The zero-order valence-corrected chi connectivity index (χ0v) is 16.9. The third kappa shape index (κ3) is 3.59. The minimum Gasteiger partial charge on any atom is -0.337 e. The average Bonchev–Trinajstić information content (AvgIpc) is 3.24. The van der Waals surface area contributed by atoms with Crippen LogP contribution in [0.1, 0.15) is 63.3 Å². The van der Waals surface area contributed by atoms with Crippen molar-refractivity contribution < 1.29 is 9.32 Å². The number of hydrogen-bond donors (Lipinski definition) is 1. The molecule has 3 atom stereocenters. The number of nitrogens with two attached hydrogens (primary N) is 1. The lowest BCUT2D eigenvalue weighted by Crippen LogP contribution is -2.50. The van der Waals surface area contributed by atoms with Gasteiger partial charge in [-0.2, -0.15) is 4.98 Å². The molecule has 1 aromatic carbocycles. The van der Waals surface area contributed by atoms with Gasteiger partial charge < -0.3 is 15.2 Å². The number of rotatable bonds is 3. The van der Waals surface area contributed by atoms with Crippen molar-refractivity contribution in [2.24, 2.45) is 23.5 Å². The topological polar surface area (TPSA) is 85.3 Å². The zero-order valence-electron chi connectivity index (χ0n) is 16.9. The van der Waals surface area contributed by atoms with E-state index in [2.05, 4.69) is 10.1 Å². The Bertz CT molecular complexity index is 838. The molecule has 3 unspecified atom stereocenters. The molecule has 2 aliphatic carbocycles. The SMILES string of the molecule is NC1C2CCCC1CC(C(=O)N1CCCCC1c1nc(-c3ccccc3)no1)C2. The van der Waals surface area contributed by atoms with E-state index in [0.717, 1.165) is 44.2 Å². The fourth-order valence-electron chi connectivity index (χ4n) is 5.75. The van der Waals surface area contributed by atoms with Gasteiger partial charge in [0.25, 0.3) is 0 Å². The Morgan fingerprint density at radius 1 is 1.03 bits per heavy atom. The van der Waals surface area contributed by atoms with Crippen LogP contribution in [0, 0.1) is 17.8 Å². The highest BCUT2D eigenvalue weighted by Gasteiger charge is 2.43. The van der Waals surface area contributed by atoms with Gasteiger partial charge >= 0.3 is 0 Å². The second-order valence-electron chi connectivity index (χ2n) is 9.06. The monoisotopic (exact) mass is 394 g/mol. The molecule has 3 aliphatic rings. The maximum Gasteiger partial charge on any atom is 0.249 e. The van der Waals surface area contributed by atoms with E-state index in [9.17, 15) is 4.79 Å². The van der Waals surface area contributed by atoms with Crippen molar-refractivity contribution in [2.45, 2.75) is 63.5 Å². The summed E-state index contributed by atoms with van der Waals surface area (Å²) in [6.07, 6.45) is 8.52. The molecule has 2 N–H and O–H groups in total. The lowest BCUT2D eigenvalue weighted by Gasteiger charge is -2.45. The molecule has 1 amide bonds. The molecule has 0 spiro atoms. The molecule has 0 radical (unpaired) electrons. The first-order chi connectivity index (χ1) is 14.2. The maximum atomic E-state index is 13.5. The number of carbonyl (C=O) groups excluding carboxylic acids is 1. The Balaban J connectivity index is 1.35. The number of amides is 1. The molecule has 1 aliphatic heterocycles. The van der Waals surface area contributed by atoms with Gasteiger partial charge in [-0.1, -0.05) is 41.9 Å². The molecule has 1 aromatic heterocycles. The van der Waals surface area contributed by atoms with Crippen LogP contribution in [0.4, 0.5) is 0 Å². The Morgan fingerprint density at radius 2 is 1.79 bits per heavy atom. The molecule has 2 aromatic rings. The fourth-order valence-corrected chi connectivity index (χ4v) is 5.75. The van der Waals surface area contributed by atoms with Gasteiger partial charge in [0, 0.05) is 24.1 Å². The Hall–Kier alpha value is -2.21. The highest BCUT2D eigenvalue weighted by molar-refractivity contribution is 5.79. The van der Waals surface area contributed by atoms with Gasteiger partial charge in [-0.05, 0) is 56.8 Å². The van der Waals surface area contributed by atoms with Gasteiger partial charge in [0.15, 0.2) is 0 Å². The number of hydrogen-bond acceptors (Lipinski definition) is 5. The summed E-state index contributed by atoms with van der Waals surface area (Å²) in [5, 5.41) is 4.18. The summed E-state index contributed by atoms with van der Waals surface area (Å²) >= 11 is 0. The van der Waals surface area contributed by atoms with E-state index in [1.165, 1.54) is 19.3 Å². The number of nitrogens with zero attached hydrogens (tertiary/aromatic N) is 3. The van der Waals surface area contributed by atoms with Crippen LogP contribution >= 0.6 is 0 Å². The summed E-state index contributed by atoms with van der Waals surface area (Å²) in [7, 11) is 0. The molecule has 5 rings (SSSR count). The van der Waals surface area contributed by atoms with E-state index in [-0.39, 0.29) is 23.9 Å². The summed E-state index contributed by atoms with van der Waals surface area (Å²) in [5.41, 5.74) is 7.38. The molecule has 2 heterocycles. The van der Waals surface area contributed by atoms with Crippen molar-refractivity contribution in [2.75, 3.05) is 6.54 Å². The third-order valence-corrected chi connectivity index (χ3v) is 7.31. The zero-order chi connectivity index (χ0) is 19.8. The fraction of sp³-hybridized carbons (Fsp3) is 0.609. The summed E-state index contributed by atoms with van der Waals surface area (Å²) < 4.78 is 5.64. The first-order valence-corrected chi connectivity index (χ1v) is 11.2. The number of benzene rings is 1. The van der Waals surface area contributed by atoms with Crippen molar-refractivity contribution in [1.82, 2.24) is 15.0 Å². The van der Waals surface area contributed by atoms with Crippen LogP contribution < -0.4 is 5.73 Å². The van der Waals surface area contributed by atoms with Crippen molar-refractivity contribution in [1.29, 1.82) is 0 Å². The number of fused-ring (bicyclic) bond motifs is 2. The van der Waals surface area contributed by atoms with E-state index >= 15 is 0 Å². The second kappa shape index (κ2) is 7.90. The summed E-state index contributed by atoms with van der Waals surface area (Å²) in [5.74, 6) is 2.56. The molecule has 29 heavy (non-hydrogen) atoms. The van der Waals surface area contributed by atoms with E-state index in [1.807, 2.05) is 35.2 Å². The van der Waals surface area contributed by atoms with E-state index in [0.29, 0.717) is 23.6 Å². The number of aromatic nitrogens is 2. The maximum absolute atomic E-state index is 13.5.